The third-order valence-corrected chi connectivity index (χ3v) is 2.91. The number of nitrogens with one attached hydrogen (secondary N) is 2. The van der Waals surface area contributed by atoms with E-state index in [0.717, 1.165) is 19.4 Å². The molecule has 1 aliphatic heterocycles. The molecule has 1 heterocycles. The predicted molar refractivity (Wildman–Crippen MR) is 75.1 cm³/mol. The molecular formula is C14H16N4O2. The zero-order valence-electron chi connectivity index (χ0n) is 11.0. The normalized spacial score (nSPS) is 18.4. The Balaban J connectivity index is 1.86. The van der Waals surface area contributed by atoms with Crippen LogP contribution in [0.5, 0.6) is 0 Å². The molecule has 0 radical (unpaired) electrons. The predicted octanol–water partition coefficient (Wildman–Crippen LogP) is 1.27. The minimum absolute atomic E-state index is 0.0426. The number of anilines is 1. The van der Waals surface area contributed by atoms with E-state index in [9.17, 15) is 4.79 Å². The van der Waals surface area contributed by atoms with Crippen molar-refractivity contribution in [3.63, 3.8) is 0 Å². The van der Waals surface area contributed by atoms with E-state index in [1.54, 1.807) is 18.2 Å². The summed E-state index contributed by atoms with van der Waals surface area (Å²) in [6.45, 7) is 1.14. The van der Waals surface area contributed by atoms with Gasteiger partial charge in [0.25, 0.3) is 5.91 Å². The lowest BCUT2D eigenvalue weighted by Crippen LogP contribution is -2.36. The van der Waals surface area contributed by atoms with Crippen molar-refractivity contribution in [1.29, 1.82) is 5.26 Å². The van der Waals surface area contributed by atoms with E-state index in [1.807, 2.05) is 18.2 Å². The third-order valence-electron chi connectivity index (χ3n) is 2.91. The highest BCUT2D eigenvalue weighted by atomic mass is 16.5. The van der Waals surface area contributed by atoms with E-state index in [-0.39, 0.29) is 11.8 Å². The van der Waals surface area contributed by atoms with Crippen LogP contribution in [0.4, 0.5) is 5.69 Å². The maximum atomic E-state index is 11.8. The van der Waals surface area contributed by atoms with Gasteiger partial charge in [0.15, 0.2) is 0 Å². The van der Waals surface area contributed by atoms with Crippen molar-refractivity contribution >= 4 is 17.3 Å². The van der Waals surface area contributed by atoms with Gasteiger partial charge in [0.1, 0.15) is 6.07 Å². The number of nitriles is 1. The molecule has 0 saturated carbocycles. The lowest BCUT2D eigenvalue weighted by molar-refractivity contribution is -0.115. The van der Waals surface area contributed by atoms with Crippen molar-refractivity contribution in [1.82, 2.24) is 5.32 Å². The average molecular weight is 272 g/mol. The number of carbonyl (C=O) groups excluding carboxylic acids is 1. The summed E-state index contributed by atoms with van der Waals surface area (Å²) >= 11 is 0. The number of ether oxygens (including phenoxy) is 1. The molecule has 104 valence electrons. The van der Waals surface area contributed by atoms with Crippen LogP contribution in [-0.2, 0) is 9.53 Å². The molecule has 6 nitrogen and oxygen atoms in total. The van der Waals surface area contributed by atoms with E-state index >= 15 is 0 Å². The van der Waals surface area contributed by atoms with Crippen LogP contribution >= 0.6 is 0 Å². The van der Waals surface area contributed by atoms with Gasteiger partial charge in [0.2, 0.25) is 5.71 Å². The fourth-order valence-electron chi connectivity index (χ4n) is 1.86. The molecule has 1 unspecified atom stereocenters. The zero-order valence-corrected chi connectivity index (χ0v) is 11.0. The van der Waals surface area contributed by atoms with Crippen LogP contribution in [0.15, 0.2) is 35.4 Å². The second-order valence-corrected chi connectivity index (χ2v) is 4.40. The molecule has 20 heavy (non-hydrogen) atoms. The lowest BCUT2D eigenvalue weighted by Gasteiger charge is -2.09. The van der Waals surface area contributed by atoms with Gasteiger partial charge in [-0.3, -0.25) is 10.2 Å². The Morgan fingerprint density at radius 3 is 2.90 bits per heavy atom. The molecule has 1 aromatic rings. The first-order chi connectivity index (χ1) is 9.79. The Bertz CT molecular complexity index is 516. The third kappa shape index (κ3) is 4.07. The van der Waals surface area contributed by atoms with E-state index in [1.165, 1.54) is 0 Å². The van der Waals surface area contributed by atoms with Crippen LogP contribution in [0, 0.1) is 11.3 Å². The van der Waals surface area contributed by atoms with Crippen LogP contribution in [-0.4, -0.2) is 30.9 Å². The Morgan fingerprint density at radius 1 is 1.45 bits per heavy atom. The van der Waals surface area contributed by atoms with Gasteiger partial charge in [-0.1, -0.05) is 18.2 Å². The molecular weight excluding hydrogens is 256 g/mol. The Morgan fingerprint density at radius 2 is 2.25 bits per heavy atom. The summed E-state index contributed by atoms with van der Waals surface area (Å²) < 4.78 is 5.39. The maximum Gasteiger partial charge on any atom is 0.282 e. The molecule has 1 aromatic carbocycles. The van der Waals surface area contributed by atoms with E-state index in [0.29, 0.717) is 12.2 Å². The maximum absolute atomic E-state index is 11.8. The van der Waals surface area contributed by atoms with E-state index in [2.05, 4.69) is 15.8 Å². The molecule has 6 heteroatoms. The molecule has 0 aromatic heterocycles. The molecule has 0 bridgehead atoms. The topological polar surface area (TPSA) is 86.5 Å². The molecule has 2 N–H and O–H groups in total. The fraction of sp³-hybridized carbons (Fsp3) is 0.357. The van der Waals surface area contributed by atoms with Gasteiger partial charge in [-0.2, -0.15) is 10.4 Å². The van der Waals surface area contributed by atoms with Crippen LogP contribution in [0.3, 0.4) is 0 Å². The minimum Gasteiger partial charge on any atom is -0.376 e. The molecule has 0 spiro atoms. The first kappa shape index (κ1) is 14.0. The van der Waals surface area contributed by atoms with Crippen LogP contribution in [0.2, 0.25) is 0 Å². The van der Waals surface area contributed by atoms with Crippen molar-refractivity contribution < 1.29 is 9.53 Å². The molecule has 0 aliphatic carbocycles. The highest BCUT2D eigenvalue weighted by Gasteiger charge is 2.18. The fourth-order valence-corrected chi connectivity index (χ4v) is 1.86. The molecule has 2 rings (SSSR count). The molecule has 1 amide bonds. The summed E-state index contributed by atoms with van der Waals surface area (Å²) in [5.41, 5.74) is 3.19. The Kier molecular flexibility index (Phi) is 5.09. The molecule has 1 aliphatic rings. The number of amides is 1. The summed E-state index contributed by atoms with van der Waals surface area (Å²) in [7, 11) is 0. The highest BCUT2D eigenvalue weighted by molar-refractivity contribution is 6.45. The number of benzene rings is 1. The summed E-state index contributed by atoms with van der Waals surface area (Å²) in [6.07, 6.45) is 1.98. The average Bonchev–Trinajstić information content (AvgIpc) is 3.00. The van der Waals surface area contributed by atoms with Crippen LogP contribution in [0.1, 0.15) is 12.8 Å². The number of para-hydroxylation sites is 1. The number of rotatable bonds is 5. The monoisotopic (exact) mass is 272 g/mol. The van der Waals surface area contributed by atoms with Gasteiger partial charge in [0, 0.05) is 13.2 Å². The van der Waals surface area contributed by atoms with Gasteiger partial charge in [0.05, 0.1) is 11.8 Å². The second-order valence-electron chi connectivity index (χ2n) is 4.40. The first-order valence-electron chi connectivity index (χ1n) is 6.48. The van der Waals surface area contributed by atoms with Gasteiger partial charge in [-0.15, -0.1) is 0 Å². The van der Waals surface area contributed by atoms with Crippen molar-refractivity contribution in [2.45, 2.75) is 18.9 Å². The van der Waals surface area contributed by atoms with Crippen LogP contribution in [0.25, 0.3) is 0 Å². The summed E-state index contributed by atoms with van der Waals surface area (Å²) in [5.74, 6) is -0.494. The quantitative estimate of drug-likeness (QED) is 0.624. The van der Waals surface area contributed by atoms with E-state index < -0.39 is 5.91 Å². The minimum atomic E-state index is -0.494. The Labute approximate surface area is 117 Å². The second kappa shape index (κ2) is 7.26. The van der Waals surface area contributed by atoms with Crippen molar-refractivity contribution in [2.75, 3.05) is 18.6 Å². The SMILES string of the molecule is N#C/C(=N\Nc1ccccc1)C(=O)NCC1CCCO1. The molecule has 1 atom stereocenters. The smallest absolute Gasteiger partial charge is 0.282 e. The number of hydrazone groups is 1. The van der Waals surface area contributed by atoms with E-state index in [4.69, 9.17) is 10.00 Å². The van der Waals surface area contributed by atoms with Crippen molar-refractivity contribution in [2.24, 2.45) is 5.10 Å². The summed E-state index contributed by atoms with van der Waals surface area (Å²) in [5, 5.41) is 15.4. The van der Waals surface area contributed by atoms with Gasteiger partial charge in [-0.05, 0) is 25.0 Å². The first-order valence-corrected chi connectivity index (χ1v) is 6.48. The highest BCUT2D eigenvalue weighted by Crippen LogP contribution is 2.10. The van der Waals surface area contributed by atoms with Gasteiger partial charge < -0.3 is 10.1 Å². The zero-order chi connectivity index (χ0) is 14.2. The summed E-state index contributed by atoms with van der Waals surface area (Å²) in [4.78, 5) is 11.8. The lowest BCUT2D eigenvalue weighted by atomic mass is 10.2. The number of carbonyl (C=O) groups is 1. The number of nitrogens with zero attached hydrogens (tertiary/aromatic N) is 2. The number of hydrogen-bond acceptors (Lipinski definition) is 5. The molecule has 1 fully saturated rings. The van der Waals surface area contributed by atoms with Crippen molar-refractivity contribution in [3.8, 4) is 6.07 Å². The Hall–Kier alpha value is -2.39. The number of hydrogen-bond donors (Lipinski definition) is 2. The summed E-state index contributed by atoms with van der Waals surface area (Å²) in [6, 6.07) is 10.9. The van der Waals surface area contributed by atoms with Gasteiger partial charge >= 0.3 is 0 Å². The largest absolute Gasteiger partial charge is 0.376 e. The standard InChI is InChI=1S/C14H16N4O2/c15-9-13(18-17-11-5-2-1-3-6-11)14(19)16-10-12-7-4-8-20-12/h1-3,5-6,12,17H,4,7-8,10H2,(H,16,19)/b18-13+. The van der Waals surface area contributed by atoms with Crippen molar-refractivity contribution in [3.05, 3.63) is 30.3 Å². The van der Waals surface area contributed by atoms with Crippen LogP contribution < -0.4 is 10.7 Å². The van der Waals surface area contributed by atoms with Gasteiger partial charge in [-0.25, -0.2) is 0 Å². The molecule has 1 saturated heterocycles.